The van der Waals surface area contributed by atoms with E-state index in [0.717, 1.165) is 105 Å². The van der Waals surface area contributed by atoms with E-state index in [2.05, 4.69) is 91.0 Å². The summed E-state index contributed by atoms with van der Waals surface area (Å²) in [4.78, 5) is 20.4. The summed E-state index contributed by atoms with van der Waals surface area (Å²) < 4.78 is 13.0. The predicted octanol–water partition coefficient (Wildman–Crippen LogP) is 14.2. The van der Waals surface area contributed by atoms with Crippen LogP contribution in [0.25, 0.3) is 122 Å². The molecule has 0 N–H and O–H groups in total. The van der Waals surface area contributed by atoms with E-state index in [4.69, 9.17) is 28.8 Å². The van der Waals surface area contributed by atoms with Crippen LogP contribution in [0, 0.1) is 0 Å². The van der Waals surface area contributed by atoms with Gasteiger partial charge in [-0.1, -0.05) is 164 Å². The molecule has 0 bridgehead atoms. The van der Waals surface area contributed by atoms with Gasteiger partial charge in [-0.25, -0.2) is 19.9 Å². The standard InChI is InChI=1S/C54H32N4O2/c1-3-13-35(14-4-1)52-56-53(36-15-5-2-6-16-36)58-54(57-52)39-18-11-17-38(31-39)49-48-44-20-8-10-24-47(44)60-51(48)43-30-29-37(32-45(43)55-49)33-25-27-34(28-26-33)40-21-12-22-42-41-19-7-9-23-46(41)59-50(40)42/h1-32H. The number of para-hydroxylation sites is 3. The molecule has 6 heteroatoms. The van der Waals surface area contributed by atoms with Crippen LogP contribution < -0.4 is 0 Å². The maximum Gasteiger partial charge on any atom is 0.164 e. The van der Waals surface area contributed by atoms with Crippen LogP contribution >= 0.6 is 0 Å². The lowest BCUT2D eigenvalue weighted by Crippen LogP contribution is -2.00. The summed E-state index contributed by atoms with van der Waals surface area (Å²) in [6.07, 6.45) is 0. The summed E-state index contributed by atoms with van der Waals surface area (Å²) in [5.74, 6) is 1.81. The smallest absolute Gasteiger partial charge is 0.164 e. The summed E-state index contributed by atoms with van der Waals surface area (Å²) >= 11 is 0. The lowest BCUT2D eigenvalue weighted by atomic mass is 9.97. The molecule has 60 heavy (non-hydrogen) atoms. The molecule has 4 heterocycles. The van der Waals surface area contributed by atoms with E-state index in [1.807, 2.05) is 103 Å². The molecular formula is C54H32N4O2. The van der Waals surface area contributed by atoms with Gasteiger partial charge in [0.25, 0.3) is 0 Å². The zero-order chi connectivity index (χ0) is 39.6. The number of rotatable bonds is 6. The Morgan fingerprint density at radius 2 is 0.833 bits per heavy atom. The van der Waals surface area contributed by atoms with Crippen LogP contribution in [-0.2, 0) is 0 Å². The second-order valence-electron chi connectivity index (χ2n) is 15.0. The Bertz CT molecular complexity index is 3540. The monoisotopic (exact) mass is 768 g/mol. The minimum atomic E-state index is 0.584. The highest BCUT2D eigenvalue weighted by Gasteiger charge is 2.20. The largest absolute Gasteiger partial charge is 0.455 e. The van der Waals surface area contributed by atoms with E-state index in [-0.39, 0.29) is 0 Å². The minimum absolute atomic E-state index is 0.584. The van der Waals surface area contributed by atoms with Crippen molar-refractivity contribution in [3.05, 3.63) is 194 Å². The summed E-state index contributed by atoms with van der Waals surface area (Å²) in [5, 5.41) is 5.18. The molecule has 12 aromatic rings. The number of nitrogens with zero attached hydrogens (tertiary/aromatic N) is 4. The molecule has 280 valence electrons. The van der Waals surface area contributed by atoms with Gasteiger partial charge in [0.1, 0.15) is 22.3 Å². The molecule has 0 amide bonds. The second kappa shape index (κ2) is 13.7. The lowest BCUT2D eigenvalue weighted by Gasteiger charge is -2.11. The van der Waals surface area contributed by atoms with Gasteiger partial charge < -0.3 is 8.83 Å². The Hall–Kier alpha value is -8.22. The van der Waals surface area contributed by atoms with Gasteiger partial charge in [-0.2, -0.15) is 0 Å². The summed E-state index contributed by atoms with van der Waals surface area (Å²) in [7, 11) is 0. The Morgan fingerprint density at radius 1 is 0.300 bits per heavy atom. The van der Waals surface area contributed by atoms with Gasteiger partial charge >= 0.3 is 0 Å². The van der Waals surface area contributed by atoms with E-state index in [9.17, 15) is 0 Å². The van der Waals surface area contributed by atoms with Crippen molar-refractivity contribution in [2.24, 2.45) is 0 Å². The van der Waals surface area contributed by atoms with Crippen molar-refractivity contribution in [3.63, 3.8) is 0 Å². The molecule has 0 aliphatic carbocycles. The average Bonchev–Trinajstić information content (AvgIpc) is 3.91. The number of fused-ring (bicyclic) bond motifs is 8. The predicted molar refractivity (Wildman–Crippen MR) is 242 cm³/mol. The maximum atomic E-state index is 6.66. The Kier molecular flexibility index (Phi) is 7.74. The van der Waals surface area contributed by atoms with Gasteiger partial charge in [-0.15, -0.1) is 0 Å². The second-order valence-corrected chi connectivity index (χ2v) is 15.0. The fourth-order valence-corrected chi connectivity index (χ4v) is 8.41. The number of furan rings is 2. The molecule has 0 spiro atoms. The highest BCUT2D eigenvalue weighted by Crippen LogP contribution is 2.42. The summed E-state index contributed by atoms with van der Waals surface area (Å²) in [5.41, 5.74) is 13.0. The van der Waals surface area contributed by atoms with Crippen molar-refractivity contribution in [1.29, 1.82) is 0 Å². The Labute approximate surface area is 344 Å². The van der Waals surface area contributed by atoms with E-state index < -0.39 is 0 Å². The van der Waals surface area contributed by atoms with E-state index in [1.54, 1.807) is 0 Å². The highest BCUT2D eigenvalue weighted by atomic mass is 16.3. The SMILES string of the molecule is c1ccc(-c2nc(-c3ccccc3)nc(-c3cccc(-c4nc5cc(-c6ccc(-c7cccc8c7oc7ccccc78)cc6)ccc5c5oc6ccccc6c45)c3)n2)cc1. The van der Waals surface area contributed by atoms with Gasteiger partial charge in [0, 0.05) is 49.4 Å². The zero-order valence-corrected chi connectivity index (χ0v) is 32.1. The van der Waals surface area contributed by atoms with Crippen LogP contribution in [0.5, 0.6) is 0 Å². The third-order valence-corrected chi connectivity index (χ3v) is 11.3. The zero-order valence-electron chi connectivity index (χ0n) is 32.1. The first-order valence-electron chi connectivity index (χ1n) is 20.0. The number of benzene rings is 8. The molecule has 0 atom stereocenters. The molecule has 0 fully saturated rings. The maximum absolute atomic E-state index is 6.66. The molecule has 0 aliphatic rings. The summed E-state index contributed by atoms with van der Waals surface area (Å²) in [6, 6.07) is 66.2. The lowest BCUT2D eigenvalue weighted by molar-refractivity contribution is 0.670. The number of aromatic nitrogens is 4. The van der Waals surface area contributed by atoms with Crippen LogP contribution in [0.1, 0.15) is 0 Å². The van der Waals surface area contributed by atoms with Crippen molar-refractivity contribution in [2.45, 2.75) is 0 Å². The van der Waals surface area contributed by atoms with Gasteiger partial charge in [-0.05, 0) is 47.0 Å². The van der Waals surface area contributed by atoms with Gasteiger partial charge in [-0.3, -0.25) is 0 Å². The first kappa shape index (κ1) is 33.9. The molecule has 0 radical (unpaired) electrons. The first-order chi connectivity index (χ1) is 29.7. The highest BCUT2D eigenvalue weighted by molar-refractivity contribution is 6.19. The molecule has 12 rings (SSSR count). The van der Waals surface area contributed by atoms with Crippen LogP contribution in [-0.4, -0.2) is 19.9 Å². The van der Waals surface area contributed by atoms with Crippen LogP contribution in [0.2, 0.25) is 0 Å². The Morgan fingerprint density at radius 3 is 1.57 bits per heavy atom. The van der Waals surface area contributed by atoms with E-state index in [1.165, 1.54) is 0 Å². The summed E-state index contributed by atoms with van der Waals surface area (Å²) in [6.45, 7) is 0. The van der Waals surface area contributed by atoms with Crippen molar-refractivity contribution in [1.82, 2.24) is 19.9 Å². The molecular weight excluding hydrogens is 737 g/mol. The van der Waals surface area contributed by atoms with Crippen molar-refractivity contribution >= 4 is 54.8 Å². The molecule has 0 aliphatic heterocycles. The minimum Gasteiger partial charge on any atom is -0.455 e. The third kappa shape index (κ3) is 5.65. The molecule has 0 unspecified atom stereocenters. The molecule has 0 saturated heterocycles. The van der Waals surface area contributed by atoms with E-state index in [0.29, 0.717) is 17.5 Å². The molecule has 0 saturated carbocycles. The average molecular weight is 769 g/mol. The fourth-order valence-electron chi connectivity index (χ4n) is 8.41. The number of hydrogen-bond donors (Lipinski definition) is 0. The van der Waals surface area contributed by atoms with E-state index >= 15 is 0 Å². The molecule has 8 aromatic carbocycles. The van der Waals surface area contributed by atoms with Gasteiger partial charge in [0.2, 0.25) is 0 Å². The normalized spacial score (nSPS) is 11.7. The number of hydrogen-bond acceptors (Lipinski definition) is 6. The van der Waals surface area contributed by atoms with Crippen molar-refractivity contribution in [2.75, 3.05) is 0 Å². The molecule has 4 aromatic heterocycles. The van der Waals surface area contributed by atoms with Crippen molar-refractivity contribution < 1.29 is 8.83 Å². The van der Waals surface area contributed by atoms with Gasteiger partial charge in [0.15, 0.2) is 17.5 Å². The van der Waals surface area contributed by atoms with Crippen LogP contribution in [0.15, 0.2) is 203 Å². The fraction of sp³-hybridized carbons (Fsp3) is 0. The third-order valence-electron chi connectivity index (χ3n) is 11.3. The van der Waals surface area contributed by atoms with Crippen molar-refractivity contribution in [3.8, 4) is 67.7 Å². The van der Waals surface area contributed by atoms with Crippen LogP contribution in [0.4, 0.5) is 0 Å². The first-order valence-corrected chi connectivity index (χ1v) is 20.0. The quantitative estimate of drug-likeness (QED) is 0.168. The topological polar surface area (TPSA) is 77.8 Å². The number of pyridine rings is 1. The van der Waals surface area contributed by atoms with Gasteiger partial charge in [0.05, 0.1) is 16.6 Å². The molecule has 6 nitrogen and oxygen atoms in total. The van der Waals surface area contributed by atoms with Crippen LogP contribution in [0.3, 0.4) is 0 Å². The Balaban J connectivity index is 0.985.